The fourth-order valence-electron chi connectivity index (χ4n) is 2.44. The monoisotopic (exact) mass is 281 g/mol. The smallest absolute Gasteiger partial charge is 0.182 e. The number of rotatable bonds is 7. The molecular formula is C19H23NO. The van der Waals surface area contributed by atoms with Crippen LogP contribution in [-0.4, -0.2) is 18.9 Å². The first-order chi connectivity index (χ1) is 10.2. The molecule has 0 aliphatic carbocycles. The number of Topliss-reactive ketones (excluding diaryl/α,β-unsaturated/α-hetero) is 1. The molecule has 0 saturated carbocycles. The zero-order valence-electron chi connectivity index (χ0n) is 12.9. The van der Waals surface area contributed by atoms with E-state index in [1.54, 1.807) is 0 Å². The van der Waals surface area contributed by atoms with E-state index in [1.165, 1.54) is 5.56 Å². The van der Waals surface area contributed by atoms with Gasteiger partial charge in [0, 0.05) is 17.8 Å². The summed E-state index contributed by atoms with van der Waals surface area (Å²) in [5.41, 5.74) is 3.18. The quantitative estimate of drug-likeness (QED) is 0.703. The number of hydrogen-bond donors (Lipinski definition) is 0. The van der Waals surface area contributed by atoms with Crippen LogP contribution in [0.15, 0.2) is 54.6 Å². The van der Waals surface area contributed by atoms with Gasteiger partial charge in [0.2, 0.25) is 0 Å². The number of benzene rings is 2. The largest absolute Gasteiger partial charge is 0.364 e. The lowest BCUT2D eigenvalue weighted by Gasteiger charge is -2.22. The van der Waals surface area contributed by atoms with Gasteiger partial charge in [-0.25, -0.2) is 0 Å². The van der Waals surface area contributed by atoms with Crippen molar-refractivity contribution in [3.8, 4) is 0 Å². The van der Waals surface area contributed by atoms with Crippen LogP contribution in [0.2, 0.25) is 0 Å². The summed E-state index contributed by atoms with van der Waals surface area (Å²) in [5, 5.41) is 0. The van der Waals surface area contributed by atoms with Crippen molar-refractivity contribution < 1.29 is 4.79 Å². The van der Waals surface area contributed by atoms with E-state index in [2.05, 4.69) is 30.9 Å². The number of anilines is 1. The first-order valence-corrected chi connectivity index (χ1v) is 7.66. The third-order valence-corrected chi connectivity index (χ3v) is 3.65. The second kappa shape index (κ2) is 7.63. The van der Waals surface area contributed by atoms with Crippen molar-refractivity contribution in [2.24, 2.45) is 0 Å². The Labute approximate surface area is 127 Å². The molecule has 0 heterocycles. The molecule has 2 aromatic carbocycles. The SMILES string of the molecule is CCCc1ccc(C(=O)CN(CC)c2ccccc2)cc1. The minimum Gasteiger partial charge on any atom is -0.364 e. The van der Waals surface area contributed by atoms with Crippen molar-refractivity contribution in [2.45, 2.75) is 26.7 Å². The highest BCUT2D eigenvalue weighted by Gasteiger charge is 2.11. The van der Waals surface area contributed by atoms with Gasteiger partial charge in [0.25, 0.3) is 0 Å². The summed E-state index contributed by atoms with van der Waals surface area (Å²) >= 11 is 0. The third kappa shape index (κ3) is 4.19. The fourth-order valence-corrected chi connectivity index (χ4v) is 2.44. The van der Waals surface area contributed by atoms with Crippen molar-refractivity contribution in [3.63, 3.8) is 0 Å². The van der Waals surface area contributed by atoms with Gasteiger partial charge in [-0.3, -0.25) is 4.79 Å². The first-order valence-electron chi connectivity index (χ1n) is 7.66. The molecule has 0 aromatic heterocycles. The molecule has 0 fully saturated rings. The van der Waals surface area contributed by atoms with E-state index in [0.29, 0.717) is 6.54 Å². The highest BCUT2D eigenvalue weighted by Crippen LogP contribution is 2.14. The molecule has 0 aliphatic heterocycles. The standard InChI is InChI=1S/C19H23NO/c1-3-8-16-11-13-17(14-12-16)19(21)15-20(4-2)18-9-6-5-7-10-18/h5-7,9-14H,3-4,8,15H2,1-2H3. The van der Waals surface area contributed by atoms with Crippen LogP contribution in [0.3, 0.4) is 0 Å². The van der Waals surface area contributed by atoms with E-state index >= 15 is 0 Å². The predicted molar refractivity (Wildman–Crippen MR) is 89.1 cm³/mol. The van der Waals surface area contributed by atoms with Crippen LogP contribution < -0.4 is 4.90 Å². The fraction of sp³-hybridized carbons (Fsp3) is 0.316. The summed E-state index contributed by atoms with van der Waals surface area (Å²) in [6.07, 6.45) is 2.20. The first kappa shape index (κ1) is 15.3. The van der Waals surface area contributed by atoms with Gasteiger partial charge in [0.15, 0.2) is 5.78 Å². The number of hydrogen-bond acceptors (Lipinski definition) is 2. The van der Waals surface area contributed by atoms with Crippen molar-refractivity contribution in [1.82, 2.24) is 0 Å². The van der Waals surface area contributed by atoms with Crippen LogP contribution in [0.5, 0.6) is 0 Å². The third-order valence-electron chi connectivity index (χ3n) is 3.65. The highest BCUT2D eigenvalue weighted by molar-refractivity contribution is 5.99. The van der Waals surface area contributed by atoms with Gasteiger partial charge >= 0.3 is 0 Å². The van der Waals surface area contributed by atoms with Gasteiger partial charge in [0.1, 0.15) is 0 Å². The topological polar surface area (TPSA) is 20.3 Å². The van der Waals surface area contributed by atoms with E-state index < -0.39 is 0 Å². The number of likely N-dealkylation sites (N-methyl/N-ethyl adjacent to an activating group) is 1. The highest BCUT2D eigenvalue weighted by atomic mass is 16.1. The Morgan fingerprint density at radius 1 is 0.952 bits per heavy atom. The minimum absolute atomic E-state index is 0.170. The second-order valence-corrected chi connectivity index (χ2v) is 5.22. The summed E-state index contributed by atoms with van der Waals surface area (Å²) in [5.74, 6) is 0.170. The molecule has 2 heteroatoms. The van der Waals surface area contributed by atoms with Crippen LogP contribution in [0.1, 0.15) is 36.2 Å². The van der Waals surface area contributed by atoms with Gasteiger partial charge in [-0.05, 0) is 31.0 Å². The van der Waals surface area contributed by atoms with E-state index in [0.717, 1.165) is 30.6 Å². The average molecular weight is 281 g/mol. The lowest BCUT2D eigenvalue weighted by atomic mass is 10.0. The Morgan fingerprint density at radius 3 is 2.19 bits per heavy atom. The predicted octanol–water partition coefficient (Wildman–Crippen LogP) is 4.35. The Bertz CT molecular complexity index is 560. The molecule has 0 bridgehead atoms. The van der Waals surface area contributed by atoms with Crippen LogP contribution >= 0.6 is 0 Å². The maximum absolute atomic E-state index is 12.4. The molecule has 0 N–H and O–H groups in total. The van der Waals surface area contributed by atoms with E-state index in [-0.39, 0.29) is 5.78 Å². The molecular weight excluding hydrogens is 258 g/mol. The van der Waals surface area contributed by atoms with Gasteiger partial charge in [-0.1, -0.05) is 55.8 Å². The second-order valence-electron chi connectivity index (χ2n) is 5.22. The van der Waals surface area contributed by atoms with E-state index in [4.69, 9.17) is 0 Å². The molecule has 0 saturated heterocycles. The van der Waals surface area contributed by atoms with Crippen LogP contribution in [-0.2, 0) is 6.42 Å². The molecule has 0 amide bonds. The number of ketones is 1. The van der Waals surface area contributed by atoms with Crippen molar-refractivity contribution in [2.75, 3.05) is 18.0 Å². The molecule has 0 aliphatic rings. The number of carbonyl (C=O) groups excluding carboxylic acids is 1. The van der Waals surface area contributed by atoms with Crippen molar-refractivity contribution in [3.05, 3.63) is 65.7 Å². The van der Waals surface area contributed by atoms with Crippen LogP contribution in [0, 0.1) is 0 Å². The molecule has 2 rings (SSSR count). The molecule has 21 heavy (non-hydrogen) atoms. The van der Waals surface area contributed by atoms with Crippen LogP contribution in [0.25, 0.3) is 0 Å². The number of aryl methyl sites for hydroxylation is 1. The zero-order valence-corrected chi connectivity index (χ0v) is 12.9. The molecule has 2 aromatic rings. The molecule has 0 radical (unpaired) electrons. The molecule has 0 atom stereocenters. The van der Waals surface area contributed by atoms with Gasteiger partial charge in [0.05, 0.1) is 6.54 Å². The summed E-state index contributed by atoms with van der Waals surface area (Å²) in [7, 11) is 0. The normalized spacial score (nSPS) is 10.4. The zero-order chi connectivity index (χ0) is 15.1. The van der Waals surface area contributed by atoms with Crippen molar-refractivity contribution >= 4 is 11.5 Å². The van der Waals surface area contributed by atoms with Gasteiger partial charge in [-0.2, -0.15) is 0 Å². The number of nitrogens with zero attached hydrogens (tertiary/aromatic N) is 1. The Kier molecular flexibility index (Phi) is 5.56. The summed E-state index contributed by atoms with van der Waals surface area (Å²) in [4.78, 5) is 14.5. The lowest BCUT2D eigenvalue weighted by molar-refractivity contribution is 0.0999. The minimum atomic E-state index is 0.170. The molecule has 0 unspecified atom stereocenters. The molecule has 2 nitrogen and oxygen atoms in total. The van der Waals surface area contributed by atoms with E-state index in [9.17, 15) is 4.79 Å². The maximum atomic E-state index is 12.4. The number of carbonyl (C=O) groups is 1. The molecule has 0 spiro atoms. The summed E-state index contributed by atoms with van der Waals surface area (Å²) < 4.78 is 0. The average Bonchev–Trinajstić information content (AvgIpc) is 2.54. The van der Waals surface area contributed by atoms with Gasteiger partial charge < -0.3 is 4.90 Å². The van der Waals surface area contributed by atoms with E-state index in [1.807, 2.05) is 42.5 Å². The maximum Gasteiger partial charge on any atom is 0.182 e. The Morgan fingerprint density at radius 2 is 1.62 bits per heavy atom. The number of para-hydroxylation sites is 1. The Balaban J connectivity index is 2.05. The summed E-state index contributed by atoms with van der Waals surface area (Å²) in [6.45, 7) is 5.49. The van der Waals surface area contributed by atoms with Crippen LogP contribution in [0.4, 0.5) is 5.69 Å². The van der Waals surface area contributed by atoms with Gasteiger partial charge in [-0.15, -0.1) is 0 Å². The lowest BCUT2D eigenvalue weighted by Crippen LogP contribution is -2.29. The van der Waals surface area contributed by atoms with Crippen molar-refractivity contribution in [1.29, 1.82) is 0 Å². The summed E-state index contributed by atoms with van der Waals surface area (Å²) in [6, 6.07) is 18.1. The molecule has 110 valence electrons. The Hall–Kier alpha value is -2.09.